The largest absolute Gasteiger partial charge is 0.0725 e. The molecule has 0 heterocycles. The lowest BCUT2D eigenvalue weighted by Crippen LogP contribution is -2.25. The van der Waals surface area contributed by atoms with Crippen LogP contribution in [0.3, 0.4) is 0 Å². The van der Waals surface area contributed by atoms with E-state index in [1.165, 1.54) is 66.8 Å². The molecule has 0 bridgehead atoms. The van der Waals surface area contributed by atoms with Crippen LogP contribution in [-0.2, 0) is 5.41 Å². The van der Waals surface area contributed by atoms with Crippen LogP contribution < -0.4 is 0 Å². The van der Waals surface area contributed by atoms with E-state index in [0.717, 1.165) is 0 Å². The summed E-state index contributed by atoms with van der Waals surface area (Å²) in [6.45, 7) is 4.38. The van der Waals surface area contributed by atoms with E-state index in [2.05, 4.69) is 123 Å². The maximum absolute atomic E-state index is 2.46. The molecule has 0 aliphatic heterocycles. The number of hydrogen-bond acceptors (Lipinski definition) is 0. The molecular formula is C33H24. The van der Waals surface area contributed by atoms with Crippen LogP contribution in [0.5, 0.6) is 0 Å². The van der Waals surface area contributed by atoms with Crippen LogP contribution in [0.2, 0.25) is 0 Å². The van der Waals surface area contributed by atoms with Gasteiger partial charge in [0.25, 0.3) is 0 Å². The number of aryl methyl sites for hydroxylation is 2. The highest BCUT2D eigenvalue weighted by Gasteiger charge is 2.51. The molecule has 7 rings (SSSR count). The molecule has 2 aliphatic carbocycles. The van der Waals surface area contributed by atoms with Gasteiger partial charge in [0, 0.05) is 0 Å². The van der Waals surface area contributed by atoms with Crippen LogP contribution in [0.15, 0.2) is 109 Å². The van der Waals surface area contributed by atoms with Gasteiger partial charge in [0.2, 0.25) is 0 Å². The Labute approximate surface area is 195 Å². The molecule has 0 saturated heterocycles. The van der Waals surface area contributed by atoms with Crippen LogP contribution in [0, 0.1) is 13.8 Å². The van der Waals surface area contributed by atoms with Gasteiger partial charge in [-0.25, -0.2) is 0 Å². The third-order valence-corrected chi connectivity index (χ3v) is 7.84. The predicted octanol–water partition coefficient (Wildman–Crippen LogP) is 8.31. The van der Waals surface area contributed by atoms with Crippen molar-refractivity contribution in [2.24, 2.45) is 0 Å². The van der Waals surface area contributed by atoms with E-state index >= 15 is 0 Å². The van der Waals surface area contributed by atoms with E-state index < -0.39 is 0 Å². The average Bonchev–Trinajstić information content (AvgIpc) is 3.33. The maximum Gasteiger partial charge on any atom is 0.0725 e. The van der Waals surface area contributed by atoms with Crippen LogP contribution >= 0.6 is 0 Å². The monoisotopic (exact) mass is 420 g/mol. The Balaban J connectivity index is 1.60. The third-order valence-electron chi connectivity index (χ3n) is 7.84. The molecule has 0 amide bonds. The van der Waals surface area contributed by atoms with Crippen molar-refractivity contribution in [3.63, 3.8) is 0 Å². The normalized spacial score (nSPS) is 14.0. The highest BCUT2D eigenvalue weighted by Crippen LogP contribution is 2.62. The second-order valence-electron chi connectivity index (χ2n) is 9.45. The van der Waals surface area contributed by atoms with Gasteiger partial charge in [-0.1, -0.05) is 103 Å². The Morgan fingerprint density at radius 3 is 1.39 bits per heavy atom. The smallest absolute Gasteiger partial charge is 0.0619 e. The van der Waals surface area contributed by atoms with Gasteiger partial charge in [-0.15, -0.1) is 0 Å². The lowest BCUT2D eigenvalue weighted by Gasteiger charge is -2.30. The lowest BCUT2D eigenvalue weighted by molar-refractivity contribution is 0.794. The maximum atomic E-state index is 2.46. The lowest BCUT2D eigenvalue weighted by atomic mass is 9.70. The number of hydrogen-bond donors (Lipinski definition) is 0. The molecule has 1 spiro atoms. The summed E-state index contributed by atoms with van der Waals surface area (Å²) in [7, 11) is 0. The van der Waals surface area contributed by atoms with E-state index in [9.17, 15) is 0 Å². The minimum atomic E-state index is -0.269. The molecule has 2 aliphatic rings. The van der Waals surface area contributed by atoms with Gasteiger partial charge in [0.05, 0.1) is 5.41 Å². The van der Waals surface area contributed by atoms with Crippen LogP contribution in [0.1, 0.15) is 33.4 Å². The van der Waals surface area contributed by atoms with Gasteiger partial charge in [-0.2, -0.15) is 0 Å². The summed E-state index contributed by atoms with van der Waals surface area (Å²) in [5, 5.41) is 0. The Kier molecular flexibility index (Phi) is 3.71. The van der Waals surface area contributed by atoms with Gasteiger partial charge in [0.15, 0.2) is 0 Å². The van der Waals surface area contributed by atoms with Crippen molar-refractivity contribution < 1.29 is 0 Å². The molecule has 0 fully saturated rings. The highest BCUT2D eigenvalue weighted by atomic mass is 14.5. The summed E-state index contributed by atoms with van der Waals surface area (Å²) in [5.74, 6) is 0. The molecule has 0 radical (unpaired) electrons. The molecule has 0 aromatic heterocycles. The van der Waals surface area contributed by atoms with E-state index in [-0.39, 0.29) is 5.41 Å². The zero-order chi connectivity index (χ0) is 22.2. The van der Waals surface area contributed by atoms with Gasteiger partial charge in [-0.3, -0.25) is 0 Å². The quantitative estimate of drug-likeness (QED) is 0.250. The molecule has 33 heavy (non-hydrogen) atoms. The predicted molar refractivity (Wildman–Crippen MR) is 138 cm³/mol. The average molecular weight is 421 g/mol. The summed E-state index contributed by atoms with van der Waals surface area (Å²) in [5.41, 5.74) is 16.0. The number of benzene rings is 5. The summed E-state index contributed by atoms with van der Waals surface area (Å²) in [6, 6.07) is 40.9. The Morgan fingerprint density at radius 1 is 0.394 bits per heavy atom. The Morgan fingerprint density at radius 2 is 0.848 bits per heavy atom. The van der Waals surface area contributed by atoms with Gasteiger partial charge in [-0.05, 0) is 86.7 Å². The summed E-state index contributed by atoms with van der Waals surface area (Å²) >= 11 is 0. The van der Waals surface area contributed by atoms with Crippen molar-refractivity contribution in [1.82, 2.24) is 0 Å². The fraction of sp³-hybridized carbons (Fsp3) is 0.0909. The van der Waals surface area contributed by atoms with Crippen molar-refractivity contribution in [1.29, 1.82) is 0 Å². The summed E-state index contributed by atoms with van der Waals surface area (Å²) < 4.78 is 0. The first-order chi connectivity index (χ1) is 16.2. The van der Waals surface area contributed by atoms with Gasteiger partial charge in [0.1, 0.15) is 0 Å². The molecular weight excluding hydrogens is 396 g/mol. The fourth-order valence-corrected chi connectivity index (χ4v) is 6.20. The Hall–Kier alpha value is -3.90. The summed E-state index contributed by atoms with van der Waals surface area (Å²) in [6.07, 6.45) is 0. The van der Waals surface area contributed by atoms with Crippen LogP contribution in [0.4, 0.5) is 0 Å². The zero-order valence-corrected chi connectivity index (χ0v) is 18.9. The molecule has 0 N–H and O–H groups in total. The van der Waals surface area contributed by atoms with Crippen molar-refractivity contribution in [3.8, 4) is 33.4 Å². The highest BCUT2D eigenvalue weighted by molar-refractivity contribution is 5.95. The summed E-state index contributed by atoms with van der Waals surface area (Å²) in [4.78, 5) is 0. The van der Waals surface area contributed by atoms with Crippen molar-refractivity contribution in [2.45, 2.75) is 19.3 Å². The van der Waals surface area contributed by atoms with Gasteiger partial charge >= 0.3 is 0 Å². The van der Waals surface area contributed by atoms with Crippen molar-refractivity contribution >= 4 is 0 Å². The SMILES string of the molecule is Cc1ccc(-c2ccc3c(c2)C2(c4ccccc4-c4ccccc42)c2ccccc2-3)cc1C. The minimum Gasteiger partial charge on any atom is -0.0619 e. The number of fused-ring (bicyclic) bond motifs is 10. The second-order valence-corrected chi connectivity index (χ2v) is 9.45. The first-order valence-corrected chi connectivity index (χ1v) is 11.7. The van der Waals surface area contributed by atoms with Crippen LogP contribution in [0.25, 0.3) is 33.4 Å². The van der Waals surface area contributed by atoms with Crippen molar-refractivity contribution in [3.05, 3.63) is 143 Å². The van der Waals surface area contributed by atoms with E-state index in [0.29, 0.717) is 0 Å². The zero-order valence-electron chi connectivity index (χ0n) is 18.9. The number of rotatable bonds is 1. The first kappa shape index (κ1) is 18.7. The molecule has 156 valence electrons. The standard InChI is InChI=1S/C33H24/c1-21-15-16-23(19-22(21)2)24-17-18-28-27-11-5-8-14-31(27)33(32(28)20-24)29-12-6-3-9-25(29)26-10-4-7-13-30(26)33/h3-20H,1-2H3. The fourth-order valence-electron chi connectivity index (χ4n) is 6.20. The van der Waals surface area contributed by atoms with Gasteiger partial charge < -0.3 is 0 Å². The molecule has 0 heteroatoms. The van der Waals surface area contributed by atoms with E-state index in [4.69, 9.17) is 0 Å². The first-order valence-electron chi connectivity index (χ1n) is 11.7. The second kappa shape index (κ2) is 6.56. The molecule has 0 nitrogen and oxygen atoms in total. The van der Waals surface area contributed by atoms with E-state index in [1.807, 2.05) is 0 Å². The Bertz CT molecular complexity index is 1520. The van der Waals surface area contributed by atoms with Crippen LogP contribution in [-0.4, -0.2) is 0 Å². The molecule has 0 unspecified atom stereocenters. The molecule has 5 aromatic rings. The molecule has 5 aromatic carbocycles. The molecule has 0 atom stereocenters. The molecule has 0 saturated carbocycles. The topological polar surface area (TPSA) is 0 Å². The minimum absolute atomic E-state index is 0.269. The van der Waals surface area contributed by atoms with Crippen molar-refractivity contribution in [2.75, 3.05) is 0 Å². The van der Waals surface area contributed by atoms with E-state index in [1.54, 1.807) is 0 Å². The third kappa shape index (κ3) is 2.31.